The van der Waals surface area contributed by atoms with E-state index in [4.69, 9.17) is 0 Å². The molecule has 3 aromatic rings. The zero-order valence-electron chi connectivity index (χ0n) is 14.9. The van der Waals surface area contributed by atoms with Gasteiger partial charge in [0.25, 0.3) is 0 Å². The molecule has 0 unspecified atom stereocenters. The largest absolute Gasteiger partial charge is 0.494 e. The number of H-pyrrole nitrogens is 1. The number of para-hydroxylation sites is 1. The zero-order valence-corrected chi connectivity index (χ0v) is 14.9. The Balaban J connectivity index is 1.67. The third-order valence-electron chi connectivity index (χ3n) is 4.76. The van der Waals surface area contributed by atoms with Gasteiger partial charge in [-0.3, -0.25) is 14.4 Å². The van der Waals surface area contributed by atoms with E-state index in [0.717, 1.165) is 0 Å². The molecular formula is C22H16N2O4. The fraction of sp³-hybridized carbons (Fsp3) is 0.0909. The summed E-state index contributed by atoms with van der Waals surface area (Å²) in [4.78, 5) is 43.8. The number of nitrogens with one attached hydrogen (secondary N) is 1. The van der Waals surface area contributed by atoms with Crippen LogP contribution in [0.4, 0.5) is 5.69 Å². The lowest BCUT2D eigenvalue weighted by molar-refractivity contribution is -0.114. The Morgan fingerprint density at radius 2 is 1.93 bits per heavy atom. The minimum absolute atomic E-state index is 0.0504. The average Bonchev–Trinajstić information content (AvgIpc) is 3.21. The van der Waals surface area contributed by atoms with E-state index in [-0.39, 0.29) is 41.8 Å². The van der Waals surface area contributed by atoms with E-state index in [9.17, 15) is 19.5 Å². The van der Waals surface area contributed by atoms with Crippen LogP contribution in [0.1, 0.15) is 39.1 Å². The van der Waals surface area contributed by atoms with Gasteiger partial charge in [-0.2, -0.15) is 0 Å². The molecule has 1 aliphatic rings. The highest BCUT2D eigenvalue weighted by Crippen LogP contribution is 2.35. The highest BCUT2D eigenvalue weighted by Gasteiger charge is 2.30. The van der Waals surface area contributed by atoms with Gasteiger partial charge < -0.3 is 10.1 Å². The van der Waals surface area contributed by atoms with Crippen molar-refractivity contribution >= 4 is 39.7 Å². The van der Waals surface area contributed by atoms with E-state index in [1.165, 1.54) is 12.1 Å². The number of Topliss-reactive ketones (excluding diaryl/α,β-unsaturated/α-hetero) is 2. The number of nitrogens with zero attached hydrogens (tertiary/aromatic N) is 1. The van der Waals surface area contributed by atoms with Crippen molar-refractivity contribution in [3.8, 4) is 5.88 Å². The molecule has 6 heteroatoms. The van der Waals surface area contributed by atoms with Crippen molar-refractivity contribution in [2.45, 2.75) is 12.8 Å². The molecule has 2 aromatic carbocycles. The second kappa shape index (κ2) is 6.74. The van der Waals surface area contributed by atoms with E-state index >= 15 is 0 Å². The summed E-state index contributed by atoms with van der Waals surface area (Å²) < 4.78 is 0. The molecule has 2 heterocycles. The number of aromatic nitrogens is 1. The van der Waals surface area contributed by atoms with Crippen LogP contribution in [0.25, 0.3) is 10.9 Å². The van der Waals surface area contributed by atoms with Gasteiger partial charge in [0.1, 0.15) is 5.71 Å². The Morgan fingerprint density at radius 1 is 1.14 bits per heavy atom. The molecule has 0 fully saturated rings. The summed E-state index contributed by atoms with van der Waals surface area (Å²) in [5, 5.41) is 11.0. The average molecular weight is 372 g/mol. The molecule has 0 amide bonds. The first-order valence-corrected chi connectivity index (χ1v) is 8.75. The fourth-order valence-electron chi connectivity index (χ4n) is 3.31. The number of benzene rings is 2. The number of carbonyl (C=O) groups excluding carboxylic acids is 3. The standard InChI is InChI=1S/C22H16N2O4/c1-2-13(25)8-10-18(26)12-7-9-17-15(11-12)21(27)20(23-17)19-14-5-3-4-6-16(14)24-22(19)28/h2-7,9,11,24,28H,1,8,10H2. The summed E-state index contributed by atoms with van der Waals surface area (Å²) in [7, 11) is 0. The third-order valence-corrected chi connectivity index (χ3v) is 4.76. The van der Waals surface area contributed by atoms with Gasteiger partial charge in [0.2, 0.25) is 5.78 Å². The predicted octanol–water partition coefficient (Wildman–Crippen LogP) is 3.91. The maximum atomic E-state index is 12.9. The number of fused-ring (bicyclic) bond motifs is 2. The molecule has 0 bridgehead atoms. The van der Waals surface area contributed by atoms with Crippen LogP contribution in [-0.2, 0) is 4.79 Å². The molecule has 0 aliphatic carbocycles. The molecule has 1 aliphatic heterocycles. The monoisotopic (exact) mass is 372 g/mol. The second-order valence-corrected chi connectivity index (χ2v) is 6.51. The summed E-state index contributed by atoms with van der Waals surface area (Å²) in [6.07, 6.45) is 1.32. The number of ketones is 3. The molecule has 138 valence electrons. The van der Waals surface area contributed by atoms with Crippen molar-refractivity contribution in [2.24, 2.45) is 4.99 Å². The number of hydrogen-bond donors (Lipinski definition) is 2. The highest BCUT2D eigenvalue weighted by molar-refractivity contribution is 6.56. The van der Waals surface area contributed by atoms with Gasteiger partial charge in [-0.05, 0) is 30.3 Å². The van der Waals surface area contributed by atoms with Gasteiger partial charge >= 0.3 is 0 Å². The molecule has 6 nitrogen and oxygen atoms in total. The van der Waals surface area contributed by atoms with Gasteiger partial charge in [-0.1, -0.05) is 24.8 Å². The van der Waals surface area contributed by atoms with Crippen molar-refractivity contribution in [3.05, 3.63) is 71.8 Å². The van der Waals surface area contributed by atoms with Crippen LogP contribution < -0.4 is 0 Å². The molecule has 28 heavy (non-hydrogen) atoms. The Labute approximate surface area is 160 Å². The lowest BCUT2D eigenvalue weighted by Crippen LogP contribution is -2.11. The van der Waals surface area contributed by atoms with Crippen LogP contribution in [0.2, 0.25) is 0 Å². The van der Waals surface area contributed by atoms with E-state index in [2.05, 4.69) is 16.6 Å². The van der Waals surface area contributed by atoms with E-state index in [1.54, 1.807) is 24.3 Å². The predicted molar refractivity (Wildman–Crippen MR) is 106 cm³/mol. The topological polar surface area (TPSA) is 99.6 Å². The van der Waals surface area contributed by atoms with Crippen LogP contribution in [-0.4, -0.2) is 33.2 Å². The van der Waals surface area contributed by atoms with E-state index in [1.807, 2.05) is 12.1 Å². The van der Waals surface area contributed by atoms with Crippen molar-refractivity contribution in [1.29, 1.82) is 0 Å². The minimum atomic E-state index is -0.355. The lowest BCUT2D eigenvalue weighted by Gasteiger charge is -2.02. The number of hydrogen-bond acceptors (Lipinski definition) is 5. The number of rotatable bonds is 6. The van der Waals surface area contributed by atoms with Gasteiger partial charge in [0.15, 0.2) is 17.4 Å². The number of carbonyl (C=O) groups is 3. The van der Waals surface area contributed by atoms with Crippen LogP contribution in [0.3, 0.4) is 0 Å². The first-order valence-electron chi connectivity index (χ1n) is 8.75. The number of aromatic amines is 1. The SMILES string of the molecule is C=CC(=O)CCC(=O)c1ccc2c(c1)C(=O)C(c1c(O)[nH]c3ccccc13)=N2. The van der Waals surface area contributed by atoms with Gasteiger partial charge in [0, 0.05) is 29.3 Å². The van der Waals surface area contributed by atoms with Gasteiger partial charge in [-0.25, -0.2) is 4.99 Å². The van der Waals surface area contributed by atoms with Crippen molar-refractivity contribution in [1.82, 2.24) is 4.98 Å². The first-order chi connectivity index (χ1) is 13.5. The number of aromatic hydroxyl groups is 1. The maximum absolute atomic E-state index is 12.9. The minimum Gasteiger partial charge on any atom is -0.494 e. The molecule has 0 saturated heterocycles. The molecule has 4 rings (SSSR count). The molecular weight excluding hydrogens is 356 g/mol. The Kier molecular flexibility index (Phi) is 4.24. The second-order valence-electron chi connectivity index (χ2n) is 6.51. The molecule has 0 spiro atoms. The molecule has 0 atom stereocenters. The smallest absolute Gasteiger partial charge is 0.214 e. The normalized spacial score (nSPS) is 12.7. The molecule has 2 N–H and O–H groups in total. The Morgan fingerprint density at radius 3 is 2.71 bits per heavy atom. The van der Waals surface area contributed by atoms with Crippen LogP contribution in [0, 0.1) is 0 Å². The maximum Gasteiger partial charge on any atom is 0.214 e. The number of allylic oxidation sites excluding steroid dienone is 1. The third kappa shape index (κ3) is 2.85. The summed E-state index contributed by atoms with van der Waals surface area (Å²) in [5.41, 5.74) is 2.29. The number of aliphatic imine (C=N–C) groups is 1. The molecule has 0 saturated carbocycles. The van der Waals surface area contributed by atoms with Crippen LogP contribution in [0.5, 0.6) is 5.88 Å². The quantitative estimate of drug-likeness (QED) is 0.506. The van der Waals surface area contributed by atoms with E-state index in [0.29, 0.717) is 33.3 Å². The Hall–Kier alpha value is -3.80. The molecule has 1 aromatic heterocycles. The van der Waals surface area contributed by atoms with Crippen LogP contribution in [0.15, 0.2) is 60.1 Å². The first kappa shape index (κ1) is 17.6. The molecule has 0 radical (unpaired) electrons. The lowest BCUT2D eigenvalue weighted by atomic mass is 9.98. The summed E-state index contributed by atoms with van der Waals surface area (Å²) in [5.74, 6) is -0.910. The van der Waals surface area contributed by atoms with Crippen molar-refractivity contribution in [3.63, 3.8) is 0 Å². The summed E-state index contributed by atoms with van der Waals surface area (Å²) in [6.45, 7) is 3.39. The Bertz CT molecular complexity index is 1200. The highest BCUT2D eigenvalue weighted by atomic mass is 16.3. The van der Waals surface area contributed by atoms with Gasteiger partial charge in [-0.15, -0.1) is 0 Å². The summed E-state index contributed by atoms with van der Waals surface area (Å²) >= 11 is 0. The van der Waals surface area contributed by atoms with Crippen molar-refractivity contribution in [2.75, 3.05) is 0 Å². The zero-order chi connectivity index (χ0) is 19.8. The fourth-order valence-corrected chi connectivity index (χ4v) is 3.31. The van der Waals surface area contributed by atoms with Crippen LogP contribution >= 0.6 is 0 Å². The van der Waals surface area contributed by atoms with E-state index < -0.39 is 0 Å². The van der Waals surface area contributed by atoms with Gasteiger partial charge in [0.05, 0.1) is 16.8 Å². The summed E-state index contributed by atoms with van der Waals surface area (Å²) in [6, 6.07) is 11.9. The van der Waals surface area contributed by atoms with Crippen molar-refractivity contribution < 1.29 is 19.5 Å².